The Balaban J connectivity index is 1.99. The van der Waals surface area contributed by atoms with Gasteiger partial charge in [-0.25, -0.2) is 4.39 Å². The van der Waals surface area contributed by atoms with Crippen LogP contribution < -0.4 is 0 Å². The zero-order chi connectivity index (χ0) is 14.7. The number of nitrogens with zero attached hydrogens (tertiary/aromatic N) is 1. The van der Waals surface area contributed by atoms with Crippen LogP contribution in [-0.2, 0) is 16.0 Å². The third-order valence-corrected chi connectivity index (χ3v) is 3.45. The number of hydrogen-bond donors (Lipinski definition) is 1. The second-order valence-corrected chi connectivity index (χ2v) is 5.02. The van der Waals surface area contributed by atoms with Gasteiger partial charge in [-0.05, 0) is 30.0 Å². The minimum Gasteiger partial charge on any atom is -0.505 e. The van der Waals surface area contributed by atoms with Gasteiger partial charge in [-0.3, -0.25) is 4.79 Å². The molecule has 0 radical (unpaired) electrons. The lowest BCUT2D eigenvalue weighted by molar-refractivity contribution is -0.128. The Bertz CT molecular complexity index is 484. The highest BCUT2D eigenvalue weighted by molar-refractivity contribution is 5.78. The maximum absolute atomic E-state index is 13.2. The molecule has 1 atom stereocenters. The van der Waals surface area contributed by atoms with Crippen molar-refractivity contribution in [2.75, 3.05) is 26.8 Å². The van der Waals surface area contributed by atoms with E-state index >= 15 is 0 Å². The predicted molar refractivity (Wildman–Crippen MR) is 68.3 cm³/mol. The summed E-state index contributed by atoms with van der Waals surface area (Å²) in [6, 6.07) is 2.28. The number of aromatic hydroxyl groups is 1. The van der Waals surface area contributed by atoms with Crippen molar-refractivity contribution in [2.45, 2.75) is 12.8 Å². The number of halogens is 2. The van der Waals surface area contributed by atoms with Gasteiger partial charge in [0.25, 0.3) is 0 Å². The van der Waals surface area contributed by atoms with Crippen molar-refractivity contribution < 1.29 is 23.4 Å². The second kappa shape index (κ2) is 6.17. The van der Waals surface area contributed by atoms with E-state index in [2.05, 4.69) is 0 Å². The molecule has 0 spiro atoms. The highest BCUT2D eigenvalue weighted by Gasteiger charge is 2.29. The Morgan fingerprint density at radius 1 is 1.45 bits per heavy atom. The van der Waals surface area contributed by atoms with Gasteiger partial charge in [0.1, 0.15) is 0 Å². The first-order chi connectivity index (χ1) is 9.51. The first-order valence-electron chi connectivity index (χ1n) is 6.45. The Labute approximate surface area is 116 Å². The monoisotopic (exact) mass is 285 g/mol. The van der Waals surface area contributed by atoms with E-state index in [1.807, 2.05) is 0 Å². The number of hydrogen-bond acceptors (Lipinski definition) is 3. The van der Waals surface area contributed by atoms with E-state index in [9.17, 15) is 18.7 Å². The molecule has 1 heterocycles. The number of likely N-dealkylation sites (tertiary alicyclic amines) is 1. The summed E-state index contributed by atoms with van der Waals surface area (Å²) in [5, 5.41) is 9.27. The summed E-state index contributed by atoms with van der Waals surface area (Å²) in [5.74, 6) is -2.92. The average molecular weight is 285 g/mol. The van der Waals surface area contributed by atoms with Crippen LogP contribution in [0.4, 0.5) is 8.78 Å². The largest absolute Gasteiger partial charge is 0.505 e. The van der Waals surface area contributed by atoms with Crippen LogP contribution in [0.15, 0.2) is 12.1 Å². The van der Waals surface area contributed by atoms with Crippen molar-refractivity contribution in [3.63, 3.8) is 0 Å². The van der Waals surface area contributed by atoms with Gasteiger partial charge < -0.3 is 14.7 Å². The summed E-state index contributed by atoms with van der Waals surface area (Å²) in [6.45, 7) is 1.58. The molecule has 110 valence electrons. The van der Waals surface area contributed by atoms with Crippen LogP contribution in [0.5, 0.6) is 5.75 Å². The number of phenols is 1. The van der Waals surface area contributed by atoms with Crippen molar-refractivity contribution in [1.29, 1.82) is 0 Å². The maximum atomic E-state index is 13.2. The molecule has 1 saturated heterocycles. The van der Waals surface area contributed by atoms with Gasteiger partial charge in [0.05, 0.1) is 6.61 Å². The molecule has 1 aliphatic rings. The lowest BCUT2D eigenvalue weighted by atomic mass is 9.98. The van der Waals surface area contributed by atoms with Crippen molar-refractivity contribution >= 4 is 5.91 Å². The van der Waals surface area contributed by atoms with E-state index in [0.29, 0.717) is 38.1 Å². The minimum absolute atomic E-state index is 0.0406. The predicted octanol–water partition coefficient (Wildman–Crippen LogP) is 1.71. The Kier molecular flexibility index (Phi) is 4.54. The molecule has 1 unspecified atom stereocenters. The van der Waals surface area contributed by atoms with E-state index in [4.69, 9.17) is 4.74 Å². The van der Waals surface area contributed by atoms with Gasteiger partial charge in [-0.2, -0.15) is 4.39 Å². The van der Waals surface area contributed by atoms with E-state index in [1.54, 1.807) is 12.0 Å². The topological polar surface area (TPSA) is 49.8 Å². The molecule has 0 bridgehead atoms. The van der Waals surface area contributed by atoms with Gasteiger partial charge in [-0.15, -0.1) is 0 Å². The summed E-state index contributed by atoms with van der Waals surface area (Å²) >= 11 is 0. The number of rotatable bonds is 5. The van der Waals surface area contributed by atoms with Crippen molar-refractivity contribution in [2.24, 2.45) is 5.92 Å². The Morgan fingerprint density at radius 3 is 2.85 bits per heavy atom. The first-order valence-corrected chi connectivity index (χ1v) is 6.45. The zero-order valence-electron chi connectivity index (χ0n) is 11.2. The molecule has 1 aliphatic heterocycles. The van der Waals surface area contributed by atoms with Gasteiger partial charge in [-0.1, -0.05) is 0 Å². The number of phenolic OH excluding ortho intramolecular Hbond substituents is 1. The fraction of sp³-hybridized carbons (Fsp3) is 0.500. The number of carbonyl (C=O) groups is 1. The van der Waals surface area contributed by atoms with Gasteiger partial charge >= 0.3 is 0 Å². The standard InChI is InChI=1S/C14H17F2NO3/c1-20-3-2-17-8-10(7-13(17)19)4-9-5-11(15)14(16)12(18)6-9/h5-6,10,18H,2-4,7-8H2,1H3. The van der Waals surface area contributed by atoms with Gasteiger partial charge in [0.2, 0.25) is 5.91 Å². The molecule has 6 heteroatoms. The van der Waals surface area contributed by atoms with Crippen LogP contribution in [0.3, 0.4) is 0 Å². The molecular weight excluding hydrogens is 268 g/mol. The highest BCUT2D eigenvalue weighted by Crippen LogP contribution is 2.26. The van der Waals surface area contributed by atoms with Crippen LogP contribution in [0.25, 0.3) is 0 Å². The smallest absolute Gasteiger partial charge is 0.223 e. The molecule has 0 aromatic heterocycles. The molecule has 2 rings (SSSR count). The number of amides is 1. The van der Waals surface area contributed by atoms with Crippen LogP contribution in [0, 0.1) is 17.6 Å². The molecule has 1 aromatic carbocycles. The summed E-state index contributed by atoms with van der Waals surface area (Å²) in [5.41, 5.74) is 0.493. The fourth-order valence-electron chi connectivity index (χ4n) is 2.49. The number of methoxy groups -OCH3 is 1. The summed E-state index contributed by atoms with van der Waals surface area (Å²) in [6.07, 6.45) is 0.809. The van der Waals surface area contributed by atoms with Gasteiger partial charge in [0, 0.05) is 26.6 Å². The van der Waals surface area contributed by atoms with Crippen LogP contribution in [0.2, 0.25) is 0 Å². The van der Waals surface area contributed by atoms with E-state index in [0.717, 1.165) is 6.07 Å². The average Bonchev–Trinajstić information content (AvgIpc) is 2.73. The van der Waals surface area contributed by atoms with Crippen LogP contribution >= 0.6 is 0 Å². The molecule has 1 fully saturated rings. The van der Waals surface area contributed by atoms with E-state index in [-0.39, 0.29) is 11.8 Å². The minimum atomic E-state index is -1.24. The Morgan fingerprint density at radius 2 is 2.20 bits per heavy atom. The normalized spacial score (nSPS) is 18.9. The summed E-state index contributed by atoms with van der Waals surface area (Å²) in [4.78, 5) is 13.5. The van der Waals surface area contributed by atoms with Crippen LogP contribution in [0.1, 0.15) is 12.0 Å². The van der Waals surface area contributed by atoms with Crippen molar-refractivity contribution in [3.8, 4) is 5.75 Å². The zero-order valence-corrected chi connectivity index (χ0v) is 11.2. The lowest BCUT2D eigenvalue weighted by Gasteiger charge is -2.16. The van der Waals surface area contributed by atoms with E-state index in [1.165, 1.54) is 6.07 Å². The SMILES string of the molecule is COCCN1CC(Cc2cc(O)c(F)c(F)c2)CC1=O. The maximum Gasteiger partial charge on any atom is 0.223 e. The second-order valence-electron chi connectivity index (χ2n) is 5.02. The summed E-state index contributed by atoms with van der Waals surface area (Å²) < 4.78 is 31.1. The Hall–Kier alpha value is -1.69. The molecular formula is C14H17F2NO3. The molecule has 1 amide bonds. The lowest BCUT2D eigenvalue weighted by Crippen LogP contribution is -2.28. The third kappa shape index (κ3) is 3.25. The third-order valence-electron chi connectivity index (χ3n) is 3.45. The molecule has 0 saturated carbocycles. The van der Waals surface area contributed by atoms with Crippen LogP contribution in [-0.4, -0.2) is 42.7 Å². The van der Waals surface area contributed by atoms with Gasteiger partial charge in [0.15, 0.2) is 17.4 Å². The summed E-state index contributed by atoms with van der Waals surface area (Å²) in [7, 11) is 1.57. The number of benzene rings is 1. The molecule has 0 aliphatic carbocycles. The molecule has 20 heavy (non-hydrogen) atoms. The fourth-order valence-corrected chi connectivity index (χ4v) is 2.49. The number of ether oxygens (including phenoxy) is 1. The molecule has 1 N–H and O–H groups in total. The molecule has 1 aromatic rings. The van der Waals surface area contributed by atoms with Crippen molar-refractivity contribution in [1.82, 2.24) is 4.90 Å². The quantitative estimate of drug-likeness (QED) is 0.896. The van der Waals surface area contributed by atoms with E-state index < -0.39 is 17.4 Å². The first kappa shape index (κ1) is 14.7. The molecule has 4 nitrogen and oxygen atoms in total. The highest BCUT2D eigenvalue weighted by atomic mass is 19.2. The number of carbonyl (C=O) groups excluding carboxylic acids is 1. The van der Waals surface area contributed by atoms with Crippen molar-refractivity contribution in [3.05, 3.63) is 29.3 Å².